The number of aryl methyl sites for hydroxylation is 1. The number of hydrogen-bond donors (Lipinski definition) is 0. The lowest BCUT2D eigenvalue weighted by molar-refractivity contribution is 0.0934. The average Bonchev–Trinajstić information content (AvgIpc) is 3.08. The minimum atomic E-state index is 0.260. The fourth-order valence-electron chi connectivity index (χ4n) is 3.03. The van der Waals surface area contributed by atoms with Gasteiger partial charge in [-0.05, 0) is 44.4 Å². The molecule has 0 radical (unpaired) electrons. The molecule has 2 aromatic rings. The Morgan fingerprint density at radius 1 is 1.45 bits per heavy atom. The molecule has 1 fully saturated rings. The van der Waals surface area contributed by atoms with Crippen LogP contribution in [-0.2, 0) is 11.3 Å². The van der Waals surface area contributed by atoms with Gasteiger partial charge in [0.05, 0.1) is 28.9 Å². The van der Waals surface area contributed by atoms with Crippen LogP contribution in [0.4, 0.5) is 0 Å². The molecule has 0 bridgehead atoms. The molecule has 3 rings (SSSR count). The summed E-state index contributed by atoms with van der Waals surface area (Å²) >= 11 is 6.16. The van der Waals surface area contributed by atoms with Crippen molar-refractivity contribution in [3.05, 3.63) is 40.2 Å². The van der Waals surface area contributed by atoms with Crippen LogP contribution in [-0.4, -0.2) is 22.5 Å². The largest absolute Gasteiger partial charge is 0.376 e. The second-order valence-electron chi connectivity index (χ2n) is 5.67. The van der Waals surface area contributed by atoms with E-state index in [9.17, 15) is 0 Å². The molecule has 0 spiro atoms. The Labute approximate surface area is 135 Å². The van der Waals surface area contributed by atoms with Crippen LogP contribution in [0, 0.1) is 25.2 Å². The van der Waals surface area contributed by atoms with Gasteiger partial charge in [0.25, 0.3) is 0 Å². The molecule has 2 heterocycles. The fraction of sp³-hybridized carbons (Fsp3) is 0.412. The molecule has 114 valence electrons. The van der Waals surface area contributed by atoms with Crippen molar-refractivity contribution in [2.75, 3.05) is 6.61 Å². The first-order valence-electron chi connectivity index (χ1n) is 7.45. The Morgan fingerprint density at radius 2 is 2.27 bits per heavy atom. The van der Waals surface area contributed by atoms with E-state index >= 15 is 0 Å². The van der Waals surface area contributed by atoms with Crippen LogP contribution in [0.25, 0.3) is 11.1 Å². The maximum atomic E-state index is 8.99. The highest BCUT2D eigenvalue weighted by atomic mass is 35.5. The molecule has 1 aliphatic heterocycles. The zero-order chi connectivity index (χ0) is 15.7. The van der Waals surface area contributed by atoms with Gasteiger partial charge in [-0.25, -0.2) is 0 Å². The second kappa shape index (κ2) is 6.12. The molecule has 0 amide bonds. The Balaban J connectivity index is 1.95. The molecule has 22 heavy (non-hydrogen) atoms. The van der Waals surface area contributed by atoms with Gasteiger partial charge in [-0.3, -0.25) is 4.68 Å². The molecule has 1 saturated heterocycles. The Hall–Kier alpha value is -1.83. The van der Waals surface area contributed by atoms with Crippen molar-refractivity contribution in [1.29, 1.82) is 5.26 Å². The van der Waals surface area contributed by atoms with E-state index in [1.165, 1.54) is 0 Å². The number of nitriles is 1. The van der Waals surface area contributed by atoms with Gasteiger partial charge >= 0.3 is 0 Å². The maximum Gasteiger partial charge on any atom is 0.101 e. The topological polar surface area (TPSA) is 50.8 Å². The highest BCUT2D eigenvalue weighted by Gasteiger charge is 2.20. The number of halogens is 1. The molecule has 1 aliphatic rings. The van der Waals surface area contributed by atoms with Crippen LogP contribution < -0.4 is 0 Å². The highest BCUT2D eigenvalue weighted by molar-refractivity contribution is 6.32. The van der Waals surface area contributed by atoms with E-state index in [4.69, 9.17) is 21.6 Å². The SMILES string of the molecule is Cc1nn(CC2CCCO2)c(C)c1-c1ccc(C#N)c(Cl)c1. The number of rotatable bonds is 3. The van der Waals surface area contributed by atoms with Crippen molar-refractivity contribution in [3.8, 4) is 17.2 Å². The predicted octanol–water partition coefficient (Wildman–Crippen LogP) is 3.87. The molecule has 0 aliphatic carbocycles. The highest BCUT2D eigenvalue weighted by Crippen LogP contribution is 2.30. The van der Waals surface area contributed by atoms with E-state index < -0.39 is 0 Å². The van der Waals surface area contributed by atoms with Gasteiger partial charge in [-0.15, -0.1) is 0 Å². The van der Waals surface area contributed by atoms with Crippen LogP contribution in [0.15, 0.2) is 18.2 Å². The van der Waals surface area contributed by atoms with Crippen LogP contribution >= 0.6 is 11.6 Å². The first-order valence-corrected chi connectivity index (χ1v) is 7.83. The summed E-state index contributed by atoms with van der Waals surface area (Å²) in [7, 11) is 0. The normalized spacial score (nSPS) is 17.6. The molecule has 4 nitrogen and oxygen atoms in total. The van der Waals surface area contributed by atoms with E-state index in [0.29, 0.717) is 10.6 Å². The lowest BCUT2D eigenvalue weighted by Gasteiger charge is -2.11. The number of nitrogens with zero attached hydrogens (tertiary/aromatic N) is 3. The molecule has 1 aromatic carbocycles. The summed E-state index contributed by atoms with van der Waals surface area (Å²) in [6.07, 6.45) is 2.48. The third-order valence-electron chi connectivity index (χ3n) is 4.16. The van der Waals surface area contributed by atoms with Crippen molar-refractivity contribution in [1.82, 2.24) is 9.78 Å². The molecule has 5 heteroatoms. The standard InChI is InChI=1S/C17H18ClN3O/c1-11-17(13-5-6-14(9-19)16(18)8-13)12(2)21(20-11)10-15-4-3-7-22-15/h5-6,8,15H,3-4,7,10H2,1-2H3. The van der Waals surface area contributed by atoms with Crippen LogP contribution in [0.3, 0.4) is 0 Å². The van der Waals surface area contributed by atoms with Crippen molar-refractivity contribution in [2.45, 2.75) is 39.3 Å². The molecular formula is C17H18ClN3O. The molecule has 1 unspecified atom stereocenters. The minimum Gasteiger partial charge on any atom is -0.376 e. The monoisotopic (exact) mass is 315 g/mol. The summed E-state index contributed by atoms with van der Waals surface area (Å²) in [5.41, 5.74) is 4.65. The number of ether oxygens (including phenoxy) is 1. The van der Waals surface area contributed by atoms with Gasteiger partial charge in [0.15, 0.2) is 0 Å². The van der Waals surface area contributed by atoms with E-state index in [2.05, 4.69) is 18.1 Å². The van der Waals surface area contributed by atoms with Gasteiger partial charge in [0, 0.05) is 17.9 Å². The minimum absolute atomic E-state index is 0.260. The molecule has 1 atom stereocenters. The molecule has 0 N–H and O–H groups in total. The smallest absolute Gasteiger partial charge is 0.101 e. The third-order valence-corrected chi connectivity index (χ3v) is 4.47. The fourth-order valence-corrected chi connectivity index (χ4v) is 3.26. The van der Waals surface area contributed by atoms with Crippen molar-refractivity contribution >= 4 is 11.6 Å². The lowest BCUT2D eigenvalue weighted by Crippen LogP contribution is -2.17. The van der Waals surface area contributed by atoms with Crippen molar-refractivity contribution < 1.29 is 4.74 Å². The Bertz CT molecular complexity index is 739. The number of benzene rings is 1. The summed E-state index contributed by atoms with van der Waals surface area (Å²) in [5, 5.41) is 14.1. The molecular weight excluding hydrogens is 298 g/mol. The summed E-state index contributed by atoms with van der Waals surface area (Å²) in [5.74, 6) is 0. The number of aromatic nitrogens is 2. The third kappa shape index (κ3) is 2.75. The zero-order valence-electron chi connectivity index (χ0n) is 12.8. The van der Waals surface area contributed by atoms with Crippen LogP contribution in [0.5, 0.6) is 0 Å². The number of hydrogen-bond acceptors (Lipinski definition) is 3. The second-order valence-corrected chi connectivity index (χ2v) is 6.08. The predicted molar refractivity (Wildman–Crippen MR) is 85.8 cm³/mol. The first kappa shape index (κ1) is 15.1. The van der Waals surface area contributed by atoms with Gasteiger partial charge in [-0.1, -0.05) is 17.7 Å². The molecule has 1 aromatic heterocycles. The van der Waals surface area contributed by atoms with Crippen molar-refractivity contribution in [2.24, 2.45) is 0 Å². The van der Waals surface area contributed by atoms with Crippen molar-refractivity contribution in [3.63, 3.8) is 0 Å². The van der Waals surface area contributed by atoms with E-state index in [0.717, 1.165) is 48.5 Å². The van der Waals surface area contributed by atoms with Gasteiger partial charge in [-0.2, -0.15) is 10.4 Å². The Kier molecular flexibility index (Phi) is 4.19. The summed E-state index contributed by atoms with van der Waals surface area (Å²) in [6.45, 7) is 5.70. The zero-order valence-corrected chi connectivity index (χ0v) is 13.5. The summed E-state index contributed by atoms with van der Waals surface area (Å²) < 4.78 is 7.72. The van der Waals surface area contributed by atoms with E-state index in [-0.39, 0.29) is 6.10 Å². The first-order chi connectivity index (χ1) is 10.6. The summed E-state index contributed by atoms with van der Waals surface area (Å²) in [6, 6.07) is 7.61. The van der Waals surface area contributed by atoms with Crippen LogP contribution in [0.2, 0.25) is 5.02 Å². The van der Waals surface area contributed by atoms with E-state index in [1.807, 2.05) is 23.7 Å². The summed E-state index contributed by atoms with van der Waals surface area (Å²) in [4.78, 5) is 0. The average molecular weight is 316 g/mol. The van der Waals surface area contributed by atoms with E-state index in [1.54, 1.807) is 6.07 Å². The van der Waals surface area contributed by atoms with Gasteiger partial charge < -0.3 is 4.74 Å². The van der Waals surface area contributed by atoms with Gasteiger partial charge in [0.2, 0.25) is 0 Å². The lowest BCUT2D eigenvalue weighted by atomic mass is 10.0. The Morgan fingerprint density at radius 3 is 2.91 bits per heavy atom. The maximum absolute atomic E-state index is 8.99. The van der Waals surface area contributed by atoms with Gasteiger partial charge in [0.1, 0.15) is 6.07 Å². The molecule has 0 saturated carbocycles. The van der Waals surface area contributed by atoms with Crippen LogP contribution in [0.1, 0.15) is 29.8 Å². The quantitative estimate of drug-likeness (QED) is 0.864.